The maximum absolute atomic E-state index is 12.1. The summed E-state index contributed by atoms with van der Waals surface area (Å²) in [6.07, 6.45) is 2.16. The van der Waals surface area contributed by atoms with Crippen molar-refractivity contribution in [3.05, 3.63) is 24.3 Å². The van der Waals surface area contributed by atoms with Crippen LogP contribution < -0.4 is 15.8 Å². The van der Waals surface area contributed by atoms with Gasteiger partial charge in [0.15, 0.2) is 0 Å². The molecule has 3 N–H and O–H groups in total. The van der Waals surface area contributed by atoms with Gasteiger partial charge in [-0.25, -0.2) is 0 Å². The lowest BCUT2D eigenvalue weighted by molar-refractivity contribution is -0.117. The highest BCUT2D eigenvalue weighted by molar-refractivity contribution is 5.93. The van der Waals surface area contributed by atoms with E-state index in [1.54, 1.807) is 7.11 Å². The number of hydrogen-bond acceptors (Lipinski definition) is 4. The first kappa shape index (κ1) is 17.8. The van der Waals surface area contributed by atoms with Crippen molar-refractivity contribution in [1.29, 1.82) is 0 Å². The first-order chi connectivity index (χ1) is 9.72. The third-order valence-corrected chi connectivity index (χ3v) is 3.79. The van der Waals surface area contributed by atoms with Crippen molar-refractivity contribution in [1.82, 2.24) is 4.90 Å². The van der Waals surface area contributed by atoms with Crippen molar-refractivity contribution < 1.29 is 9.53 Å². The van der Waals surface area contributed by atoms with Crippen LogP contribution in [0, 0.1) is 5.92 Å². The summed E-state index contributed by atoms with van der Waals surface area (Å²) in [7, 11) is 1.60. The van der Waals surface area contributed by atoms with E-state index in [0.717, 1.165) is 38.2 Å². The Balaban J connectivity index is 0.00000220. The third kappa shape index (κ3) is 5.19. The number of amides is 1. The number of carbonyl (C=O) groups excluding carboxylic acids is 1. The zero-order valence-corrected chi connectivity index (χ0v) is 13.2. The minimum absolute atomic E-state index is 0. The molecule has 0 saturated carbocycles. The first-order valence-electron chi connectivity index (χ1n) is 7.08. The van der Waals surface area contributed by atoms with Crippen LogP contribution in [-0.2, 0) is 4.79 Å². The van der Waals surface area contributed by atoms with Crippen LogP contribution in [0.4, 0.5) is 5.69 Å². The molecule has 0 unspecified atom stereocenters. The molecule has 21 heavy (non-hydrogen) atoms. The summed E-state index contributed by atoms with van der Waals surface area (Å²) in [5, 5.41) is 2.90. The molecule has 1 aliphatic rings. The topological polar surface area (TPSA) is 67.6 Å². The van der Waals surface area contributed by atoms with E-state index in [0.29, 0.717) is 18.2 Å². The minimum atomic E-state index is 0. The highest BCUT2D eigenvalue weighted by Gasteiger charge is 2.20. The van der Waals surface area contributed by atoms with Gasteiger partial charge < -0.3 is 15.8 Å². The molecule has 0 bridgehead atoms. The molecule has 1 fully saturated rings. The maximum Gasteiger partial charge on any atom is 0.238 e. The molecule has 118 valence electrons. The molecule has 1 saturated heterocycles. The van der Waals surface area contributed by atoms with Gasteiger partial charge in [-0.15, -0.1) is 12.4 Å². The molecule has 0 atom stereocenters. The highest BCUT2D eigenvalue weighted by Crippen LogP contribution is 2.23. The van der Waals surface area contributed by atoms with E-state index in [2.05, 4.69) is 10.2 Å². The van der Waals surface area contributed by atoms with Crippen molar-refractivity contribution in [2.24, 2.45) is 11.7 Å². The Morgan fingerprint density at radius 1 is 1.38 bits per heavy atom. The fraction of sp³-hybridized carbons (Fsp3) is 0.533. The number of likely N-dealkylation sites (tertiary alicyclic amines) is 1. The summed E-state index contributed by atoms with van der Waals surface area (Å²) < 4.78 is 5.22. The van der Waals surface area contributed by atoms with Gasteiger partial charge in [0.05, 0.1) is 19.3 Å². The van der Waals surface area contributed by atoms with Crippen molar-refractivity contribution in [2.75, 3.05) is 38.6 Å². The number of rotatable bonds is 5. The lowest BCUT2D eigenvalue weighted by Gasteiger charge is -2.30. The van der Waals surface area contributed by atoms with E-state index in [9.17, 15) is 4.79 Å². The van der Waals surface area contributed by atoms with Gasteiger partial charge in [-0.2, -0.15) is 0 Å². The van der Waals surface area contributed by atoms with E-state index < -0.39 is 0 Å². The Bertz CT molecular complexity index is 448. The van der Waals surface area contributed by atoms with Gasteiger partial charge in [-0.3, -0.25) is 9.69 Å². The number of hydrogen-bond donors (Lipinski definition) is 2. The molecule has 1 heterocycles. The van der Waals surface area contributed by atoms with Gasteiger partial charge in [-0.05, 0) is 50.5 Å². The van der Waals surface area contributed by atoms with Gasteiger partial charge in [-0.1, -0.05) is 12.1 Å². The van der Waals surface area contributed by atoms with E-state index >= 15 is 0 Å². The molecule has 1 aromatic rings. The van der Waals surface area contributed by atoms with E-state index in [1.165, 1.54) is 0 Å². The fourth-order valence-corrected chi connectivity index (χ4v) is 2.52. The molecule has 6 heteroatoms. The van der Waals surface area contributed by atoms with Crippen LogP contribution in [0.1, 0.15) is 12.8 Å². The standard InChI is InChI=1S/C15H23N3O2.ClH/c1-20-14-5-3-2-4-13(14)17-15(19)11-18-8-6-12(10-16)7-9-18;/h2-5,12H,6-11,16H2,1H3,(H,17,19);1H. The lowest BCUT2D eigenvalue weighted by Crippen LogP contribution is -2.40. The average molecular weight is 314 g/mol. The number of para-hydroxylation sites is 2. The Morgan fingerprint density at radius 2 is 2.05 bits per heavy atom. The van der Waals surface area contributed by atoms with Crippen LogP contribution in [0.25, 0.3) is 0 Å². The highest BCUT2D eigenvalue weighted by atomic mass is 35.5. The van der Waals surface area contributed by atoms with E-state index in [1.807, 2.05) is 24.3 Å². The summed E-state index contributed by atoms with van der Waals surface area (Å²) in [6, 6.07) is 7.44. The number of ether oxygens (including phenoxy) is 1. The summed E-state index contributed by atoms with van der Waals surface area (Å²) in [4.78, 5) is 14.2. The monoisotopic (exact) mass is 313 g/mol. The SMILES string of the molecule is COc1ccccc1NC(=O)CN1CCC(CN)CC1.Cl. The summed E-state index contributed by atoms with van der Waals surface area (Å²) in [5.41, 5.74) is 6.39. The first-order valence-corrected chi connectivity index (χ1v) is 7.08. The van der Waals surface area contributed by atoms with Crippen molar-refractivity contribution in [3.63, 3.8) is 0 Å². The second-order valence-corrected chi connectivity index (χ2v) is 5.20. The van der Waals surface area contributed by atoms with E-state index in [-0.39, 0.29) is 18.3 Å². The Morgan fingerprint density at radius 3 is 2.67 bits per heavy atom. The maximum atomic E-state index is 12.1. The van der Waals surface area contributed by atoms with Crippen LogP contribution in [0.3, 0.4) is 0 Å². The molecule has 1 aromatic carbocycles. The predicted octanol–water partition coefficient (Wildman–Crippen LogP) is 1.73. The van der Waals surface area contributed by atoms with Gasteiger partial charge in [0.1, 0.15) is 5.75 Å². The smallest absolute Gasteiger partial charge is 0.238 e. The number of methoxy groups -OCH3 is 1. The normalized spacial score (nSPS) is 16.1. The van der Waals surface area contributed by atoms with Gasteiger partial charge in [0, 0.05) is 0 Å². The molecular formula is C15H24ClN3O2. The minimum Gasteiger partial charge on any atom is -0.495 e. The Labute approximate surface area is 132 Å². The molecule has 0 aromatic heterocycles. The predicted molar refractivity (Wildman–Crippen MR) is 87.1 cm³/mol. The molecule has 2 rings (SSSR count). The molecule has 5 nitrogen and oxygen atoms in total. The largest absolute Gasteiger partial charge is 0.495 e. The Kier molecular flexibility index (Phi) is 7.50. The van der Waals surface area contributed by atoms with E-state index in [4.69, 9.17) is 10.5 Å². The summed E-state index contributed by atoms with van der Waals surface area (Å²) in [5.74, 6) is 1.30. The lowest BCUT2D eigenvalue weighted by atomic mass is 9.97. The fourth-order valence-electron chi connectivity index (χ4n) is 2.52. The van der Waals surface area contributed by atoms with Crippen LogP contribution in [-0.4, -0.2) is 44.1 Å². The number of nitrogens with zero attached hydrogens (tertiary/aromatic N) is 1. The van der Waals surface area contributed by atoms with Crippen molar-refractivity contribution in [3.8, 4) is 5.75 Å². The van der Waals surface area contributed by atoms with Gasteiger partial charge >= 0.3 is 0 Å². The second-order valence-electron chi connectivity index (χ2n) is 5.20. The third-order valence-electron chi connectivity index (χ3n) is 3.79. The Hall–Kier alpha value is -1.30. The van der Waals surface area contributed by atoms with Crippen LogP contribution in [0.15, 0.2) is 24.3 Å². The summed E-state index contributed by atoms with van der Waals surface area (Å²) in [6.45, 7) is 3.07. The number of piperidine rings is 1. The molecule has 1 aliphatic heterocycles. The van der Waals surface area contributed by atoms with Crippen LogP contribution in [0.5, 0.6) is 5.75 Å². The number of carbonyl (C=O) groups is 1. The number of nitrogens with one attached hydrogen (secondary N) is 1. The molecule has 0 spiro atoms. The molecular weight excluding hydrogens is 290 g/mol. The number of halogens is 1. The van der Waals surface area contributed by atoms with Crippen LogP contribution in [0.2, 0.25) is 0 Å². The number of benzene rings is 1. The molecule has 0 radical (unpaired) electrons. The summed E-state index contributed by atoms with van der Waals surface area (Å²) >= 11 is 0. The molecule has 1 amide bonds. The number of anilines is 1. The van der Waals surface area contributed by atoms with Crippen molar-refractivity contribution in [2.45, 2.75) is 12.8 Å². The van der Waals surface area contributed by atoms with Gasteiger partial charge in [0.25, 0.3) is 0 Å². The molecule has 0 aliphatic carbocycles. The van der Waals surface area contributed by atoms with Crippen molar-refractivity contribution >= 4 is 24.0 Å². The van der Waals surface area contributed by atoms with Crippen LogP contribution >= 0.6 is 12.4 Å². The second kappa shape index (κ2) is 8.87. The zero-order chi connectivity index (χ0) is 14.4. The van der Waals surface area contributed by atoms with Gasteiger partial charge in [0.2, 0.25) is 5.91 Å². The zero-order valence-electron chi connectivity index (χ0n) is 12.4. The number of nitrogens with two attached hydrogens (primary N) is 1. The quantitative estimate of drug-likeness (QED) is 0.868. The average Bonchev–Trinajstić information content (AvgIpc) is 2.48.